The van der Waals surface area contributed by atoms with Crippen LogP contribution in [0.15, 0.2) is 36.4 Å². The second kappa shape index (κ2) is 18.3. The molecule has 17 heteroatoms. The summed E-state index contributed by atoms with van der Waals surface area (Å²) in [6.45, 7) is 2.74. The summed E-state index contributed by atoms with van der Waals surface area (Å²) < 4.78 is 12.3. The number of aliphatic carboxylic acids is 1. The molecule has 2 aliphatic heterocycles. The molecule has 4 amide bonds. The number of nitrogens with one attached hydrogen (secondary N) is 3. The normalized spacial score (nSPS) is 19.3. The van der Waals surface area contributed by atoms with Gasteiger partial charge < -0.3 is 40.3 Å². The van der Waals surface area contributed by atoms with Crippen LogP contribution in [0.3, 0.4) is 0 Å². The van der Waals surface area contributed by atoms with Crippen LogP contribution in [0.1, 0.15) is 81.6 Å². The molecule has 1 saturated carbocycles. The molecule has 2 aromatic rings. The Bertz CT molecular complexity index is 1580. The third-order valence-corrected chi connectivity index (χ3v) is 9.27. The molecule has 1 aliphatic carbocycles. The van der Waals surface area contributed by atoms with Crippen molar-refractivity contribution in [1.82, 2.24) is 35.7 Å². The maximum Gasteiger partial charge on any atom is 0.527 e. The standard InChI is InChI=1S/C35H47N7O10/c1-2-3-19-50-35(49)52-40-18-16-24(21-40)37-32(46)26(14-15-31(44)45)38-33(47)27-20-30(42(39-27)25-11-5-4-6-12-25)51-22-29(43)41-17-8-13-28(41)34(48)36-23-9-7-10-23/h4-6,11-12,20,23-24,26,28H,2-3,7-10,13-19,21-22H2,1H3,(H,36,48)(H,37,46)(H,38,47)(H,44,45)/t24?,26-,28-/m0/s1. The van der Waals surface area contributed by atoms with E-state index in [0.29, 0.717) is 44.5 Å². The quantitative estimate of drug-likeness (QED) is 0.136. The maximum atomic E-state index is 13.5. The highest BCUT2D eigenvalue weighted by atomic mass is 16.8. The molecule has 17 nitrogen and oxygen atoms in total. The summed E-state index contributed by atoms with van der Waals surface area (Å²) >= 11 is 0. The zero-order chi connectivity index (χ0) is 37.0. The van der Waals surface area contributed by atoms with E-state index in [2.05, 4.69) is 21.0 Å². The number of amides is 4. The molecule has 0 spiro atoms. The third kappa shape index (κ3) is 10.4. The van der Waals surface area contributed by atoms with Crippen molar-refractivity contribution in [1.29, 1.82) is 0 Å². The van der Waals surface area contributed by atoms with Crippen molar-refractivity contribution in [3.05, 3.63) is 42.1 Å². The number of ether oxygens (including phenoxy) is 2. The second-order valence-corrected chi connectivity index (χ2v) is 13.2. The summed E-state index contributed by atoms with van der Waals surface area (Å²) in [5.41, 5.74) is 0.394. The predicted octanol–water partition coefficient (Wildman–Crippen LogP) is 1.93. The van der Waals surface area contributed by atoms with E-state index < -0.39 is 55.1 Å². The molecule has 3 aliphatic rings. The number of para-hydroxylation sites is 1. The number of unbranched alkanes of at least 4 members (excludes halogenated alkanes) is 1. The second-order valence-electron chi connectivity index (χ2n) is 13.2. The number of benzene rings is 1. The molecule has 4 N–H and O–H groups in total. The molecule has 1 aromatic carbocycles. The van der Waals surface area contributed by atoms with Gasteiger partial charge in [-0.25, -0.2) is 9.48 Å². The molecule has 5 rings (SSSR count). The molecule has 3 heterocycles. The van der Waals surface area contributed by atoms with Gasteiger partial charge in [0.15, 0.2) is 12.3 Å². The summed E-state index contributed by atoms with van der Waals surface area (Å²) in [7, 11) is 0. The van der Waals surface area contributed by atoms with E-state index >= 15 is 0 Å². The Hall–Kier alpha value is -5.19. The van der Waals surface area contributed by atoms with Gasteiger partial charge in [0.2, 0.25) is 17.7 Å². The van der Waals surface area contributed by atoms with Crippen molar-refractivity contribution in [3.63, 3.8) is 0 Å². The minimum Gasteiger partial charge on any atom is -0.481 e. The van der Waals surface area contributed by atoms with Crippen LogP contribution in [-0.2, 0) is 28.8 Å². The van der Waals surface area contributed by atoms with Crippen LogP contribution in [0.5, 0.6) is 5.88 Å². The van der Waals surface area contributed by atoms with Gasteiger partial charge in [-0.3, -0.25) is 24.0 Å². The smallest absolute Gasteiger partial charge is 0.481 e. The van der Waals surface area contributed by atoms with Crippen molar-refractivity contribution < 1.29 is 48.2 Å². The van der Waals surface area contributed by atoms with Crippen LogP contribution in [-0.4, -0.2) is 118 Å². The first-order valence-electron chi connectivity index (χ1n) is 17.9. The van der Waals surface area contributed by atoms with Crippen LogP contribution >= 0.6 is 0 Å². The summed E-state index contributed by atoms with van der Waals surface area (Å²) in [4.78, 5) is 83.1. The maximum absolute atomic E-state index is 13.5. The lowest BCUT2D eigenvalue weighted by Crippen LogP contribution is -2.51. The number of carbonyl (C=O) groups is 6. The number of nitrogens with zero attached hydrogens (tertiary/aromatic N) is 4. The van der Waals surface area contributed by atoms with Gasteiger partial charge in [0.05, 0.1) is 18.8 Å². The van der Waals surface area contributed by atoms with Crippen molar-refractivity contribution >= 4 is 35.8 Å². The molecule has 1 unspecified atom stereocenters. The minimum atomic E-state index is -1.23. The molecule has 2 saturated heterocycles. The molecule has 0 bridgehead atoms. The fraction of sp³-hybridized carbons (Fsp3) is 0.571. The van der Waals surface area contributed by atoms with Crippen molar-refractivity contribution in [3.8, 4) is 11.6 Å². The molecular weight excluding hydrogens is 678 g/mol. The molecular formula is C35H47N7O10. The fourth-order valence-electron chi connectivity index (χ4n) is 6.17. The zero-order valence-corrected chi connectivity index (χ0v) is 29.3. The number of carboxylic acids is 1. The van der Waals surface area contributed by atoms with Crippen LogP contribution in [0.25, 0.3) is 5.69 Å². The lowest BCUT2D eigenvalue weighted by atomic mass is 9.93. The summed E-state index contributed by atoms with van der Waals surface area (Å²) in [6.07, 6.45) is 4.78. The predicted molar refractivity (Wildman–Crippen MR) is 183 cm³/mol. The third-order valence-electron chi connectivity index (χ3n) is 9.27. The monoisotopic (exact) mass is 725 g/mol. The van der Waals surface area contributed by atoms with E-state index in [4.69, 9.17) is 14.3 Å². The highest BCUT2D eigenvalue weighted by molar-refractivity contribution is 5.96. The van der Waals surface area contributed by atoms with Crippen molar-refractivity contribution in [2.75, 3.05) is 32.8 Å². The average Bonchev–Trinajstić information content (AvgIpc) is 3.88. The van der Waals surface area contributed by atoms with Gasteiger partial charge in [-0.05, 0) is 63.5 Å². The number of likely N-dealkylation sites (tertiary alicyclic amines) is 1. The van der Waals surface area contributed by atoms with Crippen LogP contribution in [0.2, 0.25) is 0 Å². The molecule has 52 heavy (non-hydrogen) atoms. The largest absolute Gasteiger partial charge is 0.527 e. The van der Waals surface area contributed by atoms with E-state index in [1.807, 2.05) is 6.92 Å². The van der Waals surface area contributed by atoms with E-state index in [1.54, 1.807) is 30.3 Å². The fourth-order valence-corrected chi connectivity index (χ4v) is 6.17. The Balaban J connectivity index is 1.22. The first kappa shape index (κ1) is 38.1. The number of rotatable bonds is 17. The number of aromatic nitrogens is 2. The Morgan fingerprint density at radius 3 is 2.48 bits per heavy atom. The molecule has 0 radical (unpaired) electrons. The van der Waals surface area contributed by atoms with Crippen LogP contribution in [0, 0.1) is 0 Å². The lowest BCUT2D eigenvalue weighted by Gasteiger charge is -2.30. The van der Waals surface area contributed by atoms with Gasteiger partial charge in [-0.2, -0.15) is 5.10 Å². The number of hydroxylamine groups is 2. The number of carbonyl (C=O) groups excluding carboxylic acids is 5. The van der Waals surface area contributed by atoms with Crippen molar-refractivity contribution in [2.45, 2.75) is 95.3 Å². The summed E-state index contributed by atoms with van der Waals surface area (Å²) in [6, 6.07) is 8.03. The van der Waals surface area contributed by atoms with Crippen LogP contribution < -0.4 is 20.7 Å². The Morgan fingerprint density at radius 1 is 0.981 bits per heavy atom. The molecule has 282 valence electrons. The summed E-state index contributed by atoms with van der Waals surface area (Å²) in [5.74, 6) is -3.00. The lowest BCUT2D eigenvalue weighted by molar-refractivity contribution is -0.140. The number of hydrogen-bond donors (Lipinski definition) is 4. The number of carboxylic acid groups (broad SMARTS) is 1. The minimum absolute atomic E-state index is 0.0742. The van der Waals surface area contributed by atoms with E-state index in [9.17, 15) is 33.9 Å². The van der Waals surface area contributed by atoms with Gasteiger partial charge in [-0.15, -0.1) is 5.06 Å². The van der Waals surface area contributed by atoms with Crippen LogP contribution in [0.4, 0.5) is 4.79 Å². The first-order chi connectivity index (χ1) is 25.1. The van der Waals surface area contributed by atoms with Crippen molar-refractivity contribution in [2.24, 2.45) is 0 Å². The summed E-state index contributed by atoms with van der Waals surface area (Å²) in [5, 5.41) is 23.5. The number of hydrogen-bond acceptors (Lipinski definition) is 11. The molecule has 3 atom stereocenters. The van der Waals surface area contributed by atoms with Gasteiger partial charge in [-0.1, -0.05) is 31.5 Å². The van der Waals surface area contributed by atoms with E-state index in [1.165, 1.54) is 20.7 Å². The highest BCUT2D eigenvalue weighted by Crippen LogP contribution is 2.24. The zero-order valence-electron chi connectivity index (χ0n) is 29.3. The van der Waals surface area contributed by atoms with Gasteiger partial charge >= 0.3 is 12.1 Å². The molecule has 1 aromatic heterocycles. The van der Waals surface area contributed by atoms with Gasteiger partial charge in [0, 0.05) is 37.7 Å². The highest BCUT2D eigenvalue weighted by Gasteiger charge is 2.36. The van der Waals surface area contributed by atoms with Gasteiger partial charge in [0.1, 0.15) is 12.1 Å². The van der Waals surface area contributed by atoms with E-state index in [0.717, 1.165) is 25.7 Å². The Labute approximate surface area is 301 Å². The SMILES string of the molecule is CCCCOC(=O)ON1CCC(NC(=O)[C@H](CCC(=O)O)NC(=O)c2cc(OCC(=O)N3CCC[C@H]3C(=O)NC3CCC3)n(-c3ccccc3)n2)C1. The van der Waals surface area contributed by atoms with Gasteiger partial charge in [0.25, 0.3) is 11.8 Å². The topological polar surface area (TPSA) is 211 Å². The average molecular weight is 726 g/mol. The Morgan fingerprint density at radius 2 is 1.77 bits per heavy atom. The first-order valence-corrected chi connectivity index (χ1v) is 17.9. The Kier molecular flexibility index (Phi) is 13.4. The van der Waals surface area contributed by atoms with E-state index in [-0.39, 0.29) is 49.0 Å². The molecule has 3 fully saturated rings.